The lowest BCUT2D eigenvalue weighted by molar-refractivity contribution is -0.123. The van der Waals surface area contributed by atoms with Gasteiger partial charge in [-0.25, -0.2) is 0 Å². The Labute approximate surface area is 109 Å². The Kier molecular flexibility index (Phi) is 2.98. The van der Waals surface area contributed by atoms with Gasteiger partial charge in [-0.2, -0.15) is 0 Å². The molecule has 0 aliphatic heterocycles. The summed E-state index contributed by atoms with van der Waals surface area (Å²) in [6, 6.07) is 8.49. The van der Waals surface area contributed by atoms with Gasteiger partial charge in [0.15, 0.2) is 0 Å². The van der Waals surface area contributed by atoms with Crippen LogP contribution in [0.15, 0.2) is 24.3 Å². The molecule has 2 heteroatoms. The van der Waals surface area contributed by atoms with Gasteiger partial charge in [-0.15, -0.1) is 0 Å². The quantitative estimate of drug-likeness (QED) is 0.864. The fourth-order valence-corrected chi connectivity index (χ4v) is 3.44. The molecule has 1 atom stereocenters. The van der Waals surface area contributed by atoms with E-state index in [0.717, 1.165) is 25.7 Å². The number of nitrogens with two attached hydrogens (primary N) is 1. The lowest BCUT2D eigenvalue weighted by atomic mass is 9.64. The van der Waals surface area contributed by atoms with Crippen molar-refractivity contribution < 1.29 is 4.79 Å². The molecule has 1 aromatic carbocycles. The van der Waals surface area contributed by atoms with Crippen LogP contribution < -0.4 is 5.73 Å². The van der Waals surface area contributed by atoms with E-state index in [2.05, 4.69) is 24.3 Å². The Morgan fingerprint density at radius 2 is 2.11 bits per heavy atom. The van der Waals surface area contributed by atoms with Crippen LogP contribution in [0.2, 0.25) is 0 Å². The van der Waals surface area contributed by atoms with Crippen molar-refractivity contribution in [1.29, 1.82) is 0 Å². The van der Waals surface area contributed by atoms with Crippen molar-refractivity contribution in [3.63, 3.8) is 0 Å². The van der Waals surface area contributed by atoms with Gasteiger partial charge >= 0.3 is 0 Å². The van der Waals surface area contributed by atoms with Crippen molar-refractivity contribution >= 4 is 5.78 Å². The average Bonchev–Trinajstić information content (AvgIpc) is 2.31. The molecule has 0 amide bonds. The predicted octanol–water partition coefficient (Wildman–Crippen LogP) is 2.80. The van der Waals surface area contributed by atoms with Crippen LogP contribution in [0.5, 0.6) is 0 Å². The zero-order chi connectivity index (χ0) is 12.6. The van der Waals surface area contributed by atoms with Gasteiger partial charge in [-0.05, 0) is 48.3 Å². The van der Waals surface area contributed by atoms with Gasteiger partial charge in [0.05, 0.1) is 0 Å². The lowest BCUT2D eigenvalue weighted by Gasteiger charge is -2.41. The Morgan fingerprint density at radius 1 is 1.33 bits per heavy atom. The molecule has 1 saturated carbocycles. The van der Waals surface area contributed by atoms with Gasteiger partial charge in [0.1, 0.15) is 5.78 Å². The number of Topliss-reactive ketones (excluding diaryl/α,β-unsaturated/α-hetero) is 1. The normalized spacial score (nSPS) is 23.7. The standard InChI is InChI=1S/C16H21NO/c17-11-16(6-3-7-16)10-14(18)9-13-8-12-4-1-2-5-15(12)13/h1-2,4-5,13H,3,6-11,17H2. The number of carbonyl (C=O) groups excluding carboxylic acids is 1. The summed E-state index contributed by atoms with van der Waals surface area (Å²) in [5.74, 6) is 0.892. The van der Waals surface area contributed by atoms with Crippen LogP contribution in [-0.4, -0.2) is 12.3 Å². The van der Waals surface area contributed by atoms with E-state index in [1.807, 2.05) is 0 Å². The second kappa shape index (κ2) is 4.51. The number of fused-ring (bicyclic) bond motifs is 1. The molecule has 1 aromatic rings. The molecule has 0 bridgehead atoms. The van der Waals surface area contributed by atoms with Crippen LogP contribution in [0.3, 0.4) is 0 Å². The van der Waals surface area contributed by atoms with Crippen LogP contribution in [0.25, 0.3) is 0 Å². The van der Waals surface area contributed by atoms with Gasteiger partial charge in [0, 0.05) is 12.8 Å². The Hall–Kier alpha value is -1.15. The number of hydrogen-bond donors (Lipinski definition) is 1. The topological polar surface area (TPSA) is 43.1 Å². The van der Waals surface area contributed by atoms with Gasteiger partial charge in [-0.3, -0.25) is 4.79 Å². The minimum absolute atomic E-state index is 0.167. The molecule has 0 spiro atoms. The van der Waals surface area contributed by atoms with Gasteiger partial charge < -0.3 is 5.73 Å². The molecule has 3 rings (SSSR count). The summed E-state index contributed by atoms with van der Waals surface area (Å²) in [5, 5.41) is 0. The first-order chi connectivity index (χ1) is 8.72. The molecule has 1 fully saturated rings. The molecule has 18 heavy (non-hydrogen) atoms. The average molecular weight is 243 g/mol. The summed E-state index contributed by atoms with van der Waals surface area (Å²) in [4.78, 5) is 12.2. The summed E-state index contributed by atoms with van der Waals surface area (Å²) in [5.41, 5.74) is 8.80. The van der Waals surface area contributed by atoms with E-state index in [9.17, 15) is 4.79 Å². The van der Waals surface area contributed by atoms with E-state index in [1.54, 1.807) is 0 Å². The molecule has 0 saturated heterocycles. The highest BCUT2D eigenvalue weighted by molar-refractivity contribution is 5.80. The summed E-state index contributed by atoms with van der Waals surface area (Å²) < 4.78 is 0. The molecule has 0 aromatic heterocycles. The SMILES string of the molecule is NCC1(CC(=O)CC2Cc3ccccc32)CCC1. The Balaban J connectivity index is 1.57. The highest BCUT2D eigenvalue weighted by Gasteiger charge is 2.38. The van der Waals surface area contributed by atoms with E-state index in [0.29, 0.717) is 24.7 Å². The zero-order valence-electron chi connectivity index (χ0n) is 10.8. The number of ketones is 1. The second-order valence-corrected chi connectivity index (χ2v) is 6.08. The van der Waals surface area contributed by atoms with Crippen molar-refractivity contribution in [3.8, 4) is 0 Å². The monoisotopic (exact) mass is 243 g/mol. The molecular weight excluding hydrogens is 222 g/mol. The first kappa shape index (κ1) is 11.9. The van der Waals surface area contributed by atoms with Crippen molar-refractivity contribution in [3.05, 3.63) is 35.4 Å². The maximum Gasteiger partial charge on any atom is 0.134 e. The number of benzene rings is 1. The lowest BCUT2D eigenvalue weighted by Crippen LogP contribution is -2.39. The third-order valence-electron chi connectivity index (χ3n) is 4.85. The van der Waals surface area contributed by atoms with Crippen molar-refractivity contribution in [1.82, 2.24) is 0 Å². The maximum atomic E-state index is 12.2. The van der Waals surface area contributed by atoms with E-state index in [1.165, 1.54) is 17.5 Å². The maximum absolute atomic E-state index is 12.2. The Bertz CT molecular complexity index is 456. The first-order valence-electron chi connectivity index (χ1n) is 7.02. The fraction of sp³-hybridized carbons (Fsp3) is 0.562. The van der Waals surface area contributed by atoms with Crippen molar-refractivity contribution in [2.24, 2.45) is 11.1 Å². The molecule has 96 valence electrons. The minimum Gasteiger partial charge on any atom is -0.330 e. The van der Waals surface area contributed by atoms with E-state index in [-0.39, 0.29) is 5.41 Å². The zero-order valence-corrected chi connectivity index (χ0v) is 10.8. The van der Waals surface area contributed by atoms with Crippen LogP contribution >= 0.6 is 0 Å². The molecule has 2 N–H and O–H groups in total. The molecule has 0 radical (unpaired) electrons. The molecular formula is C16H21NO. The minimum atomic E-state index is 0.167. The highest BCUT2D eigenvalue weighted by atomic mass is 16.1. The number of rotatable bonds is 5. The van der Waals surface area contributed by atoms with Crippen molar-refractivity contribution in [2.45, 2.75) is 44.4 Å². The van der Waals surface area contributed by atoms with Gasteiger partial charge in [0.25, 0.3) is 0 Å². The van der Waals surface area contributed by atoms with E-state index < -0.39 is 0 Å². The largest absolute Gasteiger partial charge is 0.330 e. The summed E-state index contributed by atoms with van der Waals surface area (Å²) in [6.07, 6.45) is 6.06. The third-order valence-corrected chi connectivity index (χ3v) is 4.85. The molecule has 2 aliphatic rings. The first-order valence-corrected chi connectivity index (χ1v) is 7.02. The third kappa shape index (κ3) is 1.99. The summed E-state index contributed by atoms with van der Waals surface area (Å²) in [6.45, 7) is 0.681. The number of hydrogen-bond acceptors (Lipinski definition) is 2. The predicted molar refractivity (Wildman–Crippen MR) is 72.5 cm³/mol. The molecule has 1 unspecified atom stereocenters. The van der Waals surface area contributed by atoms with Crippen LogP contribution in [0, 0.1) is 5.41 Å². The van der Waals surface area contributed by atoms with Crippen LogP contribution in [0.1, 0.15) is 49.1 Å². The van der Waals surface area contributed by atoms with Gasteiger partial charge in [-0.1, -0.05) is 30.7 Å². The van der Waals surface area contributed by atoms with Crippen LogP contribution in [-0.2, 0) is 11.2 Å². The highest BCUT2D eigenvalue weighted by Crippen LogP contribution is 2.45. The van der Waals surface area contributed by atoms with Gasteiger partial charge in [0.2, 0.25) is 0 Å². The second-order valence-electron chi connectivity index (χ2n) is 6.08. The molecule has 2 nitrogen and oxygen atoms in total. The smallest absolute Gasteiger partial charge is 0.134 e. The van der Waals surface area contributed by atoms with E-state index in [4.69, 9.17) is 5.73 Å². The fourth-order valence-electron chi connectivity index (χ4n) is 3.44. The summed E-state index contributed by atoms with van der Waals surface area (Å²) >= 11 is 0. The summed E-state index contributed by atoms with van der Waals surface area (Å²) in [7, 11) is 0. The van der Waals surface area contributed by atoms with Crippen LogP contribution in [0.4, 0.5) is 0 Å². The number of carbonyl (C=O) groups is 1. The molecule has 0 heterocycles. The molecule has 2 aliphatic carbocycles. The Morgan fingerprint density at radius 3 is 2.72 bits per heavy atom. The van der Waals surface area contributed by atoms with Crippen molar-refractivity contribution in [2.75, 3.05) is 6.54 Å². The van der Waals surface area contributed by atoms with E-state index >= 15 is 0 Å².